The van der Waals surface area contributed by atoms with E-state index in [4.69, 9.17) is 0 Å². The van der Waals surface area contributed by atoms with Crippen LogP contribution < -0.4 is 0 Å². The lowest BCUT2D eigenvalue weighted by atomic mass is 9.40. The third kappa shape index (κ3) is 2.01. The van der Waals surface area contributed by atoms with Gasteiger partial charge in [0.05, 0.1) is 0 Å². The summed E-state index contributed by atoms with van der Waals surface area (Å²) in [7, 11) is 0. The molecule has 0 amide bonds. The summed E-state index contributed by atoms with van der Waals surface area (Å²) < 4.78 is 0. The number of phenolic OH excluding ortho intramolecular Hbond substituents is 2. The van der Waals surface area contributed by atoms with Gasteiger partial charge in [0.1, 0.15) is 0 Å². The Labute approximate surface area is 146 Å². The van der Waals surface area contributed by atoms with Crippen LogP contribution in [-0.4, -0.2) is 10.2 Å². The monoisotopic (exact) mass is 328 g/mol. The Hall–Kier alpha value is -1.18. The highest BCUT2D eigenvalue weighted by molar-refractivity contribution is 5.50. The van der Waals surface area contributed by atoms with Crippen LogP contribution in [0.1, 0.15) is 77.3 Å². The standard InChI is InChI=1S/C22H32O2/c1-20(2)9-5-10-22(4)18(20)8-11-21(3)15-13-17(24)16(23)12-14(15)6-7-19(21)22/h12-13,18-19,23-24H,5-11H2,1-4H3/t18-,19?,21-,22-/m0/s1. The maximum absolute atomic E-state index is 10.1. The molecule has 2 N–H and O–H groups in total. The number of fused-ring (bicyclic) bond motifs is 5. The molecule has 2 fully saturated rings. The van der Waals surface area contributed by atoms with Gasteiger partial charge in [0.25, 0.3) is 0 Å². The lowest BCUT2D eigenvalue weighted by molar-refractivity contribution is -0.110. The summed E-state index contributed by atoms with van der Waals surface area (Å²) in [5, 5.41) is 20.0. The second-order valence-corrected chi connectivity index (χ2v) is 9.95. The van der Waals surface area contributed by atoms with Crippen LogP contribution in [0.25, 0.3) is 0 Å². The summed E-state index contributed by atoms with van der Waals surface area (Å²) in [4.78, 5) is 0. The molecule has 2 saturated carbocycles. The van der Waals surface area contributed by atoms with Crippen LogP contribution in [0.3, 0.4) is 0 Å². The molecule has 0 heterocycles. The first kappa shape index (κ1) is 16.3. The maximum atomic E-state index is 10.1. The molecule has 3 aliphatic rings. The highest BCUT2D eigenvalue weighted by Crippen LogP contribution is 2.67. The number of benzene rings is 1. The van der Waals surface area contributed by atoms with Crippen molar-refractivity contribution < 1.29 is 10.2 Å². The molecule has 0 radical (unpaired) electrons. The number of rotatable bonds is 0. The highest BCUT2D eigenvalue weighted by Gasteiger charge is 2.59. The van der Waals surface area contributed by atoms with Crippen LogP contribution in [0.2, 0.25) is 0 Å². The van der Waals surface area contributed by atoms with Crippen LogP contribution in [0.4, 0.5) is 0 Å². The van der Waals surface area contributed by atoms with Crippen LogP contribution in [0.5, 0.6) is 11.5 Å². The Kier molecular flexibility index (Phi) is 3.34. The zero-order valence-electron chi connectivity index (χ0n) is 15.7. The van der Waals surface area contributed by atoms with Gasteiger partial charge in [0, 0.05) is 0 Å². The highest BCUT2D eigenvalue weighted by atomic mass is 16.3. The van der Waals surface area contributed by atoms with E-state index in [0.29, 0.717) is 16.7 Å². The number of aromatic hydroxyl groups is 2. The fourth-order valence-corrected chi connectivity index (χ4v) is 7.28. The van der Waals surface area contributed by atoms with Crippen LogP contribution in [0.15, 0.2) is 12.1 Å². The van der Waals surface area contributed by atoms with Crippen molar-refractivity contribution in [3.63, 3.8) is 0 Å². The van der Waals surface area contributed by atoms with E-state index in [1.165, 1.54) is 49.7 Å². The average Bonchev–Trinajstić information content (AvgIpc) is 2.48. The van der Waals surface area contributed by atoms with Crippen molar-refractivity contribution in [1.29, 1.82) is 0 Å². The van der Waals surface area contributed by atoms with Crippen LogP contribution >= 0.6 is 0 Å². The Morgan fingerprint density at radius 1 is 0.875 bits per heavy atom. The van der Waals surface area contributed by atoms with E-state index >= 15 is 0 Å². The molecular formula is C22H32O2. The first-order chi connectivity index (χ1) is 11.2. The van der Waals surface area contributed by atoms with Crippen molar-refractivity contribution in [2.45, 2.75) is 78.1 Å². The van der Waals surface area contributed by atoms with Crippen molar-refractivity contribution in [1.82, 2.24) is 0 Å². The summed E-state index contributed by atoms with van der Waals surface area (Å²) in [5.74, 6) is 1.57. The van der Waals surface area contributed by atoms with Gasteiger partial charge < -0.3 is 10.2 Å². The first-order valence-electron chi connectivity index (χ1n) is 9.74. The lowest BCUT2D eigenvalue weighted by Gasteiger charge is -2.64. The van der Waals surface area contributed by atoms with E-state index in [1.807, 2.05) is 12.1 Å². The van der Waals surface area contributed by atoms with Crippen molar-refractivity contribution in [2.24, 2.45) is 22.7 Å². The second kappa shape index (κ2) is 4.93. The molecule has 1 aromatic carbocycles. The smallest absolute Gasteiger partial charge is 0.157 e. The second-order valence-electron chi connectivity index (χ2n) is 9.95. The Balaban J connectivity index is 1.82. The van der Waals surface area contributed by atoms with E-state index < -0.39 is 0 Å². The van der Waals surface area contributed by atoms with Crippen LogP contribution in [0, 0.1) is 22.7 Å². The number of hydrogen-bond acceptors (Lipinski definition) is 2. The molecule has 3 aliphatic carbocycles. The van der Waals surface area contributed by atoms with Gasteiger partial charge in [-0.25, -0.2) is 0 Å². The lowest BCUT2D eigenvalue weighted by Crippen LogP contribution is -2.57. The number of phenols is 2. The Morgan fingerprint density at radius 3 is 2.33 bits per heavy atom. The minimum Gasteiger partial charge on any atom is -0.504 e. The van der Waals surface area contributed by atoms with Crippen molar-refractivity contribution >= 4 is 0 Å². The molecule has 0 spiro atoms. The minimum atomic E-state index is 0.0366. The molecule has 4 atom stereocenters. The van der Waals surface area contributed by atoms with Gasteiger partial charge in [0.2, 0.25) is 0 Å². The van der Waals surface area contributed by atoms with E-state index in [-0.39, 0.29) is 16.9 Å². The zero-order valence-corrected chi connectivity index (χ0v) is 15.7. The van der Waals surface area contributed by atoms with Gasteiger partial charge in [-0.3, -0.25) is 0 Å². The number of aryl methyl sites for hydroxylation is 1. The molecule has 0 aliphatic heterocycles. The van der Waals surface area contributed by atoms with E-state index in [0.717, 1.165) is 12.3 Å². The van der Waals surface area contributed by atoms with Crippen molar-refractivity contribution in [3.05, 3.63) is 23.3 Å². The normalized spacial score (nSPS) is 40.3. The summed E-state index contributed by atoms with van der Waals surface area (Å²) in [5.41, 5.74) is 3.54. The van der Waals surface area contributed by atoms with Gasteiger partial charge in [-0.15, -0.1) is 0 Å². The quantitative estimate of drug-likeness (QED) is 0.613. The summed E-state index contributed by atoms with van der Waals surface area (Å²) in [6.45, 7) is 9.96. The van der Waals surface area contributed by atoms with Gasteiger partial charge in [-0.2, -0.15) is 0 Å². The molecule has 4 rings (SSSR count). The van der Waals surface area contributed by atoms with Gasteiger partial charge in [0.15, 0.2) is 11.5 Å². The van der Waals surface area contributed by atoms with Crippen molar-refractivity contribution in [3.8, 4) is 11.5 Å². The average molecular weight is 328 g/mol. The van der Waals surface area contributed by atoms with E-state index in [2.05, 4.69) is 27.7 Å². The molecule has 132 valence electrons. The summed E-state index contributed by atoms with van der Waals surface area (Å²) >= 11 is 0. The minimum absolute atomic E-state index is 0.0366. The molecule has 0 bridgehead atoms. The number of hydrogen-bond donors (Lipinski definition) is 2. The predicted octanol–water partition coefficient (Wildman–Crippen LogP) is 5.54. The third-order valence-electron chi connectivity index (χ3n) is 8.31. The Bertz CT molecular complexity index is 677. The fraction of sp³-hybridized carbons (Fsp3) is 0.727. The molecule has 0 aromatic heterocycles. The first-order valence-corrected chi connectivity index (χ1v) is 9.74. The van der Waals surface area contributed by atoms with E-state index in [9.17, 15) is 10.2 Å². The topological polar surface area (TPSA) is 40.5 Å². The SMILES string of the molecule is CC1(C)CCC[C@]2(C)C3CCc4cc(O)c(O)cc4[C@]3(C)CC[C@@H]12. The molecule has 2 heteroatoms. The zero-order chi connectivity index (χ0) is 17.3. The van der Waals surface area contributed by atoms with E-state index in [1.54, 1.807) is 0 Å². The predicted molar refractivity (Wildman–Crippen MR) is 97.4 cm³/mol. The molecule has 1 unspecified atom stereocenters. The summed E-state index contributed by atoms with van der Waals surface area (Å²) in [6.07, 6.45) is 8.81. The Morgan fingerprint density at radius 2 is 1.58 bits per heavy atom. The third-order valence-corrected chi connectivity index (χ3v) is 8.31. The van der Waals surface area contributed by atoms with Gasteiger partial charge >= 0.3 is 0 Å². The molecule has 1 aromatic rings. The largest absolute Gasteiger partial charge is 0.504 e. The molecule has 2 nitrogen and oxygen atoms in total. The maximum Gasteiger partial charge on any atom is 0.157 e. The van der Waals surface area contributed by atoms with Gasteiger partial charge in [-0.1, -0.05) is 34.1 Å². The molecule has 24 heavy (non-hydrogen) atoms. The molecular weight excluding hydrogens is 296 g/mol. The summed E-state index contributed by atoms with van der Waals surface area (Å²) in [6, 6.07) is 3.68. The van der Waals surface area contributed by atoms with Crippen molar-refractivity contribution in [2.75, 3.05) is 0 Å². The van der Waals surface area contributed by atoms with Gasteiger partial charge in [-0.05, 0) is 89.9 Å². The molecule has 0 saturated heterocycles. The fourth-order valence-electron chi connectivity index (χ4n) is 7.28. The van der Waals surface area contributed by atoms with Crippen LogP contribution in [-0.2, 0) is 11.8 Å².